The molecule has 1 aromatic carbocycles. The van der Waals surface area contributed by atoms with E-state index in [9.17, 15) is 22.0 Å². The van der Waals surface area contributed by atoms with Gasteiger partial charge in [-0.05, 0) is 18.8 Å². The fourth-order valence-electron chi connectivity index (χ4n) is 1.88. The van der Waals surface area contributed by atoms with Crippen molar-refractivity contribution in [3.8, 4) is 11.5 Å². The Kier molecular flexibility index (Phi) is 4.31. The molecule has 112 valence electrons. The first-order chi connectivity index (χ1) is 9.24. The zero-order chi connectivity index (χ0) is 14.9. The summed E-state index contributed by atoms with van der Waals surface area (Å²) in [6, 6.07) is 1.71. The Morgan fingerprint density at radius 3 is 2.40 bits per heavy atom. The van der Waals surface area contributed by atoms with Gasteiger partial charge in [-0.15, -0.1) is 0 Å². The van der Waals surface area contributed by atoms with Crippen molar-refractivity contribution in [1.82, 2.24) is 0 Å². The van der Waals surface area contributed by atoms with Gasteiger partial charge in [0, 0.05) is 12.1 Å². The minimum absolute atomic E-state index is 0.0430. The van der Waals surface area contributed by atoms with Crippen LogP contribution in [0.1, 0.15) is 19.8 Å². The Hall–Kier alpha value is -1.18. The van der Waals surface area contributed by atoms with Crippen LogP contribution in [-0.4, -0.2) is 11.6 Å². The topological polar surface area (TPSA) is 18.5 Å². The van der Waals surface area contributed by atoms with Crippen LogP contribution in [0.15, 0.2) is 12.1 Å². The van der Waals surface area contributed by atoms with Crippen molar-refractivity contribution in [2.75, 3.05) is 0 Å². The van der Waals surface area contributed by atoms with Crippen molar-refractivity contribution in [2.24, 2.45) is 5.92 Å². The van der Waals surface area contributed by atoms with Crippen LogP contribution >= 0.6 is 12.0 Å². The van der Waals surface area contributed by atoms with Gasteiger partial charge in [0.15, 0.2) is 23.6 Å². The number of rotatable bonds is 4. The van der Waals surface area contributed by atoms with E-state index in [2.05, 4.69) is 4.18 Å². The Labute approximate surface area is 116 Å². The van der Waals surface area contributed by atoms with E-state index in [1.54, 1.807) is 0 Å². The summed E-state index contributed by atoms with van der Waals surface area (Å²) in [5.74, 6) is -3.18. The van der Waals surface area contributed by atoms with Gasteiger partial charge in [0.25, 0.3) is 0 Å². The van der Waals surface area contributed by atoms with Gasteiger partial charge in [0.1, 0.15) is 5.75 Å². The average Bonchev–Trinajstić information content (AvgIpc) is 2.28. The van der Waals surface area contributed by atoms with Gasteiger partial charge < -0.3 is 8.92 Å². The van der Waals surface area contributed by atoms with E-state index in [1.165, 1.54) is 0 Å². The van der Waals surface area contributed by atoms with E-state index in [4.69, 9.17) is 4.74 Å². The second kappa shape index (κ2) is 5.67. The number of benzene rings is 1. The molecule has 0 amide bonds. The highest BCUT2D eigenvalue weighted by molar-refractivity contribution is 7.95. The SMILES string of the molecule is CC1CC(Oc2cc(F)c(F)c(OSC(F)(F)F)c2)C1. The maximum atomic E-state index is 13.3. The van der Waals surface area contributed by atoms with Gasteiger partial charge in [0.2, 0.25) is 5.82 Å². The first kappa shape index (κ1) is 15.2. The van der Waals surface area contributed by atoms with Crippen LogP contribution in [0, 0.1) is 17.6 Å². The minimum atomic E-state index is -4.71. The van der Waals surface area contributed by atoms with E-state index in [-0.39, 0.29) is 11.9 Å². The van der Waals surface area contributed by atoms with Crippen molar-refractivity contribution in [1.29, 1.82) is 0 Å². The van der Waals surface area contributed by atoms with Crippen molar-refractivity contribution in [2.45, 2.75) is 31.4 Å². The maximum absolute atomic E-state index is 13.3. The van der Waals surface area contributed by atoms with Crippen molar-refractivity contribution < 1.29 is 30.9 Å². The van der Waals surface area contributed by atoms with Crippen LogP contribution in [0.4, 0.5) is 22.0 Å². The maximum Gasteiger partial charge on any atom is 0.479 e. The van der Waals surface area contributed by atoms with E-state index in [0.717, 1.165) is 25.0 Å². The first-order valence-corrected chi connectivity index (χ1v) is 6.57. The van der Waals surface area contributed by atoms with Crippen molar-refractivity contribution in [3.05, 3.63) is 23.8 Å². The predicted molar refractivity (Wildman–Crippen MR) is 63.4 cm³/mol. The molecule has 1 aliphatic rings. The Balaban J connectivity index is 2.08. The molecule has 1 aliphatic carbocycles. The highest BCUT2D eigenvalue weighted by atomic mass is 32.2. The van der Waals surface area contributed by atoms with Crippen LogP contribution < -0.4 is 8.92 Å². The molecule has 8 heteroatoms. The number of halogens is 5. The van der Waals surface area contributed by atoms with Crippen LogP contribution in [0.2, 0.25) is 0 Å². The summed E-state index contributed by atoms with van der Waals surface area (Å²) < 4.78 is 72.1. The van der Waals surface area contributed by atoms with Crippen molar-refractivity contribution >= 4 is 12.0 Å². The smallest absolute Gasteiger partial charge is 0.479 e. The Bertz CT molecular complexity index is 485. The van der Waals surface area contributed by atoms with Gasteiger partial charge in [-0.25, -0.2) is 4.39 Å². The third-order valence-corrected chi connectivity index (χ3v) is 3.28. The lowest BCUT2D eigenvalue weighted by molar-refractivity contribution is -0.0370. The van der Waals surface area contributed by atoms with Crippen LogP contribution in [0.5, 0.6) is 11.5 Å². The molecular weight excluding hydrogens is 303 g/mol. The lowest BCUT2D eigenvalue weighted by Crippen LogP contribution is -2.31. The highest BCUT2D eigenvalue weighted by Crippen LogP contribution is 2.37. The molecule has 1 aromatic rings. The molecule has 1 fully saturated rings. The second-order valence-electron chi connectivity index (χ2n) is 4.65. The largest absolute Gasteiger partial charge is 0.490 e. The number of alkyl halides is 3. The molecule has 0 atom stereocenters. The van der Waals surface area contributed by atoms with E-state index >= 15 is 0 Å². The molecule has 0 bridgehead atoms. The summed E-state index contributed by atoms with van der Waals surface area (Å²) in [6.07, 6.45) is 1.41. The van der Waals surface area contributed by atoms with Crippen molar-refractivity contribution in [3.63, 3.8) is 0 Å². The predicted octanol–water partition coefficient (Wildman–Crippen LogP) is 4.69. The third-order valence-electron chi connectivity index (χ3n) is 2.83. The molecule has 0 N–H and O–H groups in total. The molecule has 0 unspecified atom stereocenters. The molecule has 2 nitrogen and oxygen atoms in total. The molecule has 0 aliphatic heterocycles. The van der Waals surface area contributed by atoms with Gasteiger partial charge >= 0.3 is 5.51 Å². The van der Waals surface area contributed by atoms with Gasteiger partial charge in [-0.2, -0.15) is 17.6 Å². The standard InChI is InChI=1S/C12H11F5O2S/c1-6-2-7(3-6)18-8-4-9(13)11(14)10(5-8)19-20-12(15,16)17/h4-7H,2-3H2,1H3. The third kappa shape index (κ3) is 3.91. The van der Waals surface area contributed by atoms with Crippen LogP contribution in [0.25, 0.3) is 0 Å². The van der Waals surface area contributed by atoms with E-state index in [1.807, 2.05) is 6.92 Å². The second-order valence-corrected chi connectivity index (χ2v) is 5.44. The van der Waals surface area contributed by atoms with Crippen LogP contribution in [0.3, 0.4) is 0 Å². The summed E-state index contributed by atoms with van der Waals surface area (Å²) >= 11 is -0.905. The molecule has 2 rings (SSSR count). The highest BCUT2D eigenvalue weighted by Gasteiger charge is 2.33. The first-order valence-electron chi connectivity index (χ1n) is 5.82. The molecule has 0 heterocycles. The lowest BCUT2D eigenvalue weighted by atomic mass is 9.84. The van der Waals surface area contributed by atoms with Gasteiger partial charge in [-0.3, -0.25) is 0 Å². The normalized spacial score (nSPS) is 22.3. The zero-order valence-corrected chi connectivity index (χ0v) is 11.2. The van der Waals surface area contributed by atoms with Crippen LogP contribution in [-0.2, 0) is 0 Å². The number of hydrogen-bond donors (Lipinski definition) is 0. The number of hydrogen-bond acceptors (Lipinski definition) is 3. The molecule has 20 heavy (non-hydrogen) atoms. The molecule has 0 radical (unpaired) electrons. The zero-order valence-electron chi connectivity index (χ0n) is 10.3. The monoisotopic (exact) mass is 314 g/mol. The summed E-state index contributed by atoms with van der Waals surface area (Å²) in [5, 5.41) is 0. The summed E-state index contributed by atoms with van der Waals surface area (Å²) in [7, 11) is 0. The fraction of sp³-hybridized carbons (Fsp3) is 0.500. The molecule has 0 aromatic heterocycles. The molecule has 1 saturated carbocycles. The Morgan fingerprint density at radius 2 is 1.85 bits per heavy atom. The van der Waals surface area contributed by atoms with E-state index in [0.29, 0.717) is 5.92 Å². The quantitative estimate of drug-likeness (QED) is 0.593. The number of ether oxygens (including phenoxy) is 1. The molecular formula is C12H11F5O2S. The van der Waals surface area contributed by atoms with E-state index < -0.39 is 34.9 Å². The summed E-state index contributed by atoms with van der Waals surface area (Å²) in [4.78, 5) is 0. The molecule has 0 saturated heterocycles. The fourth-order valence-corrected chi connectivity index (χ4v) is 2.18. The average molecular weight is 314 g/mol. The summed E-state index contributed by atoms with van der Waals surface area (Å²) in [6.45, 7) is 2.01. The van der Waals surface area contributed by atoms with Gasteiger partial charge in [0.05, 0.1) is 6.10 Å². The minimum Gasteiger partial charge on any atom is -0.490 e. The lowest BCUT2D eigenvalue weighted by Gasteiger charge is -2.32. The summed E-state index contributed by atoms with van der Waals surface area (Å²) in [5.41, 5.74) is -4.71. The Morgan fingerprint density at radius 1 is 1.20 bits per heavy atom. The molecule has 0 spiro atoms. The van der Waals surface area contributed by atoms with Gasteiger partial charge in [-0.1, -0.05) is 6.92 Å².